The topological polar surface area (TPSA) is 129 Å². The van der Waals surface area contributed by atoms with Crippen molar-refractivity contribution in [3.63, 3.8) is 0 Å². The van der Waals surface area contributed by atoms with E-state index in [-0.39, 0.29) is 23.9 Å². The Labute approximate surface area is 200 Å². The molecule has 2 amide bonds. The highest BCUT2D eigenvalue weighted by molar-refractivity contribution is 5.86. The molecule has 0 unspecified atom stereocenters. The van der Waals surface area contributed by atoms with Crippen molar-refractivity contribution in [3.05, 3.63) is 54.6 Å². The van der Waals surface area contributed by atoms with Gasteiger partial charge in [0.1, 0.15) is 23.8 Å². The summed E-state index contributed by atoms with van der Waals surface area (Å²) in [5.74, 6) is -0.105. The smallest absolute Gasteiger partial charge is 0.408 e. The number of aromatic nitrogens is 1. The predicted molar refractivity (Wildman–Crippen MR) is 129 cm³/mol. The minimum absolute atomic E-state index is 0.0665. The largest absolute Gasteiger partial charge is 0.444 e. The lowest BCUT2D eigenvalue weighted by Crippen LogP contribution is -2.50. The molecule has 182 valence electrons. The molecule has 2 aromatic rings. The molecule has 0 saturated heterocycles. The second-order valence-corrected chi connectivity index (χ2v) is 9.86. The number of amides is 2. The van der Waals surface area contributed by atoms with Crippen LogP contribution >= 0.6 is 0 Å². The van der Waals surface area contributed by atoms with E-state index in [1.54, 1.807) is 20.8 Å². The maximum absolute atomic E-state index is 13.1. The maximum atomic E-state index is 13.1. The maximum Gasteiger partial charge on any atom is 0.408 e. The first-order chi connectivity index (χ1) is 15.8. The normalized spacial score (nSPS) is 13.2. The van der Waals surface area contributed by atoms with Crippen LogP contribution in [0.4, 0.5) is 16.4 Å². The minimum Gasteiger partial charge on any atom is -0.444 e. The van der Waals surface area contributed by atoms with Gasteiger partial charge in [-0.1, -0.05) is 45.0 Å². The second-order valence-electron chi connectivity index (χ2n) is 9.86. The number of carbonyl (C=O) groups excluding carboxylic acids is 2. The second kappa shape index (κ2) is 10.9. The highest BCUT2D eigenvalue weighted by Gasteiger charge is 2.35. The molecule has 0 aliphatic rings. The molecule has 2 atom stereocenters. The Morgan fingerprint density at radius 1 is 1.18 bits per heavy atom. The van der Waals surface area contributed by atoms with Gasteiger partial charge in [-0.25, -0.2) is 4.79 Å². The Kier molecular flexibility index (Phi) is 8.46. The van der Waals surface area contributed by atoms with E-state index >= 15 is 0 Å². The Morgan fingerprint density at radius 3 is 2.35 bits per heavy atom. The number of nitriles is 1. The number of nitrogens with one attached hydrogen (secondary N) is 3. The molecule has 0 saturated carbocycles. The number of hydrogen-bond donors (Lipinski definition) is 3. The molecule has 1 heterocycles. The summed E-state index contributed by atoms with van der Waals surface area (Å²) in [6, 6.07) is 9.64. The van der Waals surface area contributed by atoms with E-state index in [1.807, 2.05) is 57.2 Å². The predicted octanol–water partition coefficient (Wildman–Crippen LogP) is 4.96. The molecule has 1 aromatic carbocycles. The van der Waals surface area contributed by atoms with Gasteiger partial charge >= 0.3 is 6.09 Å². The Bertz CT molecular complexity index is 1040. The van der Waals surface area contributed by atoms with Crippen LogP contribution in [0.5, 0.6) is 0 Å². The summed E-state index contributed by atoms with van der Waals surface area (Å²) in [5.41, 5.74) is -0.439. The first-order valence-corrected chi connectivity index (χ1v) is 11.0. The van der Waals surface area contributed by atoms with Crippen LogP contribution < -0.4 is 16.0 Å². The van der Waals surface area contributed by atoms with E-state index in [4.69, 9.17) is 9.15 Å². The molecule has 0 spiro atoms. The van der Waals surface area contributed by atoms with Gasteiger partial charge < -0.3 is 25.1 Å². The van der Waals surface area contributed by atoms with E-state index < -0.39 is 35.1 Å². The third-order valence-corrected chi connectivity index (χ3v) is 4.59. The number of rotatable bonds is 8. The zero-order chi connectivity index (χ0) is 25.5. The highest BCUT2D eigenvalue weighted by atomic mass is 16.6. The summed E-state index contributed by atoms with van der Waals surface area (Å²) in [5, 5.41) is 18.1. The van der Waals surface area contributed by atoms with E-state index in [1.165, 1.54) is 6.08 Å². The zero-order valence-corrected chi connectivity index (χ0v) is 20.6. The van der Waals surface area contributed by atoms with Gasteiger partial charge in [0.2, 0.25) is 23.4 Å². The number of anilines is 2. The third-order valence-electron chi connectivity index (χ3n) is 4.59. The van der Waals surface area contributed by atoms with Gasteiger partial charge in [0.05, 0.1) is 0 Å². The van der Waals surface area contributed by atoms with Crippen molar-refractivity contribution in [1.29, 1.82) is 5.26 Å². The average Bonchev–Trinajstić information content (AvgIpc) is 3.12. The SMILES string of the molecule is C=CC[C@H](NC(=O)OC(C)(C)C)C(=O)N[C@H](c1nc(C#N)c(Nc2ccccc2)o1)C(C)(C)C. The van der Waals surface area contributed by atoms with Crippen molar-refractivity contribution in [3.8, 4) is 6.07 Å². The van der Waals surface area contributed by atoms with E-state index in [2.05, 4.69) is 27.5 Å². The van der Waals surface area contributed by atoms with Crippen molar-refractivity contribution >= 4 is 23.6 Å². The third kappa shape index (κ3) is 7.66. The van der Waals surface area contributed by atoms with Gasteiger partial charge in [-0.15, -0.1) is 6.58 Å². The molecule has 0 bridgehead atoms. The molecule has 34 heavy (non-hydrogen) atoms. The fraction of sp³-hybridized carbons (Fsp3) is 0.440. The van der Waals surface area contributed by atoms with Gasteiger partial charge in [-0.05, 0) is 44.7 Å². The summed E-state index contributed by atoms with van der Waals surface area (Å²) in [7, 11) is 0. The molecule has 1 aromatic heterocycles. The fourth-order valence-electron chi connectivity index (χ4n) is 3.01. The lowest BCUT2D eigenvalue weighted by atomic mass is 9.86. The Hall–Kier alpha value is -3.80. The summed E-state index contributed by atoms with van der Waals surface area (Å²) in [4.78, 5) is 29.7. The molecule has 3 N–H and O–H groups in total. The zero-order valence-electron chi connectivity index (χ0n) is 20.6. The van der Waals surface area contributed by atoms with Crippen LogP contribution in [0.15, 0.2) is 47.4 Å². The van der Waals surface area contributed by atoms with Crippen LogP contribution in [-0.4, -0.2) is 28.6 Å². The van der Waals surface area contributed by atoms with Crippen LogP contribution in [0.1, 0.15) is 65.6 Å². The fourth-order valence-corrected chi connectivity index (χ4v) is 3.01. The average molecular weight is 468 g/mol. The van der Waals surface area contributed by atoms with Crippen molar-refractivity contribution in [2.45, 2.75) is 65.6 Å². The summed E-state index contributed by atoms with van der Waals surface area (Å²) >= 11 is 0. The Morgan fingerprint density at radius 2 is 1.82 bits per heavy atom. The number of ether oxygens (including phenoxy) is 1. The van der Waals surface area contributed by atoms with Crippen molar-refractivity contribution in [2.75, 3.05) is 5.32 Å². The summed E-state index contributed by atoms with van der Waals surface area (Å²) in [6.45, 7) is 14.6. The molecular weight excluding hydrogens is 434 g/mol. The van der Waals surface area contributed by atoms with Gasteiger partial charge in [0.25, 0.3) is 0 Å². The first kappa shape index (κ1) is 26.5. The van der Waals surface area contributed by atoms with E-state index in [0.29, 0.717) is 0 Å². The number of carbonyl (C=O) groups is 2. The Balaban J connectivity index is 2.28. The molecule has 0 radical (unpaired) electrons. The number of benzene rings is 1. The molecule has 0 aliphatic carbocycles. The van der Waals surface area contributed by atoms with Gasteiger partial charge in [0, 0.05) is 5.69 Å². The van der Waals surface area contributed by atoms with Crippen LogP contribution in [0.2, 0.25) is 0 Å². The number of hydrogen-bond acceptors (Lipinski definition) is 7. The minimum atomic E-state index is -0.912. The summed E-state index contributed by atoms with van der Waals surface area (Å²) in [6.07, 6.45) is 1.02. The van der Waals surface area contributed by atoms with Crippen LogP contribution in [0.3, 0.4) is 0 Å². The lowest BCUT2D eigenvalue weighted by molar-refractivity contribution is -0.125. The van der Waals surface area contributed by atoms with Gasteiger partial charge in [0.15, 0.2) is 0 Å². The van der Waals surface area contributed by atoms with E-state index in [9.17, 15) is 14.9 Å². The van der Waals surface area contributed by atoms with Gasteiger partial charge in [-0.3, -0.25) is 4.79 Å². The summed E-state index contributed by atoms with van der Waals surface area (Å²) < 4.78 is 11.2. The van der Waals surface area contributed by atoms with Crippen molar-refractivity contribution < 1.29 is 18.7 Å². The lowest BCUT2D eigenvalue weighted by Gasteiger charge is -2.30. The van der Waals surface area contributed by atoms with E-state index in [0.717, 1.165) is 5.69 Å². The highest BCUT2D eigenvalue weighted by Crippen LogP contribution is 2.35. The quantitative estimate of drug-likeness (QED) is 0.468. The van der Waals surface area contributed by atoms with Crippen LogP contribution in [-0.2, 0) is 9.53 Å². The molecule has 9 nitrogen and oxygen atoms in total. The van der Waals surface area contributed by atoms with Crippen molar-refractivity contribution in [2.24, 2.45) is 5.41 Å². The molecule has 9 heteroatoms. The van der Waals surface area contributed by atoms with Crippen molar-refractivity contribution in [1.82, 2.24) is 15.6 Å². The molecule has 2 rings (SSSR count). The standard InChI is InChI=1S/C25H33N5O4/c1-8-12-17(29-23(32)34-25(5,6)7)20(31)30-19(24(2,3)4)22-28-18(15-26)21(33-22)27-16-13-10-9-11-14-16/h8-11,13-14,17,19,27H,1,12H2,2-7H3,(H,29,32)(H,30,31)/t17-,19+/m0/s1. The number of nitrogens with zero attached hydrogens (tertiary/aromatic N) is 2. The number of oxazole rings is 1. The van der Waals surface area contributed by atoms with Gasteiger partial charge in [-0.2, -0.15) is 10.2 Å². The molecule has 0 fully saturated rings. The number of para-hydroxylation sites is 1. The van der Waals surface area contributed by atoms with Crippen LogP contribution in [0, 0.1) is 16.7 Å². The molecular formula is C25H33N5O4. The first-order valence-electron chi connectivity index (χ1n) is 11.0. The number of alkyl carbamates (subject to hydrolysis) is 1. The molecule has 0 aliphatic heterocycles. The monoisotopic (exact) mass is 467 g/mol. The van der Waals surface area contributed by atoms with Crippen LogP contribution in [0.25, 0.3) is 0 Å².